The molecule has 0 heterocycles. The van der Waals surface area contributed by atoms with Crippen LogP contribution in [0.15, 0.2) is 53.6 Å². The number of anilines is 1. The van der Waals surface area contributed by atoms with Crippen molar-refractivity contribution in [3.05, 3.63) is 59.7 Å². The van der Waals surface area contributed by atoms with Crippen LogP contribution in [0.4, 0.5) is 5.69 Å². The van der Waals surface area contributed by atoms with Gasteiger partial charge < -0.3 is 15.5 Å². The number of hydrazone groups is 1. The third-order valence-electron chi connectivity index (χ3n) is 3.25. The van der Waals surface area contributed by atoms with Crippen LogP contribution in [0.1, 0.15) is 28.8 Å². The average molecular weight is 355 g/mol. The molecule has 134 valence electrons. The number of nitrogens with one attached hydrogen (secondary N) is 2. The van der Waals surface area contributed by atoms with Crippen molar-refractivity contribution in [2.24, 2.45) is 5.10 Å². The number of carboxylic acids is 1. The van der Waals surface area contributed by atoms with E-state index in [0.717, 1.165) is 0 Å². The predicted octanol–water partition coefficient (Wildman–Crippen LogP) is 1.96. The molecule has 26 heavy (non-hydrogen) atoms. The van der Waals surface area contributed by atoms with E-state index in [0.29, 0.717) is 16.8 Å². The molecule has 2 aromatic carbocycles. The standard InChI is InChI=1S/C18H17N3O5/c22-15-3-1-2-12(10-15)11-19-21-18(26)13-4-6-14(7-5-13)20-16(23)8-9-17(24)25/h1-7,10-11,22H,8-9H2,(H,20,23)(H,21,26)(H,24,25)/b19-11+. The first kappa shape index (κ1) is 18.7. The molecule has 0 saturated carbocycles. The number of aliphatic carboxylic acids is 1. The fourth-order valence-corrected chi connectivity index (χ4v) is 1.98. The lowest BCUT2D eigenvalue weighted by Gasteiger charge is -2.05. The molecular formula is C18H17N3O5. The molecule has 8 heteroatoms. The minimum absolute atomic E-state index is 0.0984. The van der Waals surface area contributed by atoms with Gasteiger partial charge in [0.1, 0.15) is 5.75 Å². The van der Waals surface area contributed by atoms with Gasteiger partial charge in [0.15, 0.2) is 0 Å². The smallest absolute Gasteiger partial charge is 0.303 e. The van der Waals surface area contributed by atoms with Crippen molar-refractivity contribution in [3.8, 4) is 5.75 Å². The second kappa shape index (κ2) is 8.97. The molecule has 0 radical (unpaired) electrons. The second-order valence-corrected chi connectivity index (χ2v) is 5.31. The average Bonchev–Trinajstić information content (AvgIpc) is 2.60. The van der Waals surface area contributed by atoms with E-state index in [-0.39, 0.29) is 18.6 Å². The van der Waals surface area contributed by atoms with E-state index >= 15 is 0 Å². The summed E-state index contributed by atoms with van der Waals surface area (Å²) < 4.78 is 0. The Morgan fingerprint density at radius 3 is 2.42 bits per heavy atom. The largest absolute Gasteiger partial charge is 0.508 e. The predicted molar refractivity (Wildman–Crippen MR) is 95.1 cm³/mol. The highest BCUT2D eigenvalue weighted by atomic mass is 16.4. The number of rotatable bonds is 7. The number of benzene rings is 2. The van der Waals surface area contributed by atoms with Crippen molar-refractivity contribution >= 4 is 29.7 Å². The maximum atomic E-state index is 12.0. The van der Waals surface area contributed by atoms with E-state index in [1.165, 1.54) is 42.6 Å². The number of aromatic hydroxyl groups is 1. The lowest BCUT2D eigenvalue weighted by molar-refractivity contribution is -0.138. The van der Waals surface area contributed by atoms with Crippen LogP contribution < -0.4 is 10.7 Å². The number of hydrogen-bond donors (Lipinski definition) is 4. The van der Waals surface area contributed by atoms with Crippen LogP contribution in [0.2, 0.25) is 0 Å². The molecule has 0 fully saturated rings. The fraction of sp³-hybridized carbons (Fsp3) is 0.111. The zero-order valence-electron chi connectivity index (χ0n) is 13.7. The van der Waals surface area contributed by atoms with Crippen LogP contribution in [-0.2, 0) is 9.59 Å². The van der Waals surface area contributed by atoms with Crippen LogP contribution in [0, 0.1) is 0 Å². The van der Waals surface area contributed by atoms with Crippen molar-refractivity contribution in [3.63, 3.8) is 0 Å². The van der Waals surface area contributed by atoms with Gasteiger partial charge in [0, 0.05) is 17.7 Å². The summed E-state index contributed by atoms with van der Waals surface area (Å²) in [7, 11) is 0. The number of amides is 2. The van der Waals surface area contributed by atoms with Crippen LogP contribution in [0.3, 0.4) is 0 Å². The van der Waals surface area contributed by atoms with Gasteiger partial charge in [-0.3, -0.25) is 14.4 Å². The summed E-state index contributed by atoms with van der Waals surface area (Å²) in [5, 5.41) is 24.2. The highest BCUT2D eigenvalue weighted by Gasteiger charge is 2.07. The monoisotopic (exact) mass is 355 g/mol. The molecule has 0 bridgehead atoms. The Kier molecular flexibility index (Phi) is 6.44. The molecule has 2 aromatic rings. The molecule has 0 aromatic heterocycles. The molecule has 0 aliphatic heterocycles. The Bertz CT molecular complexity index is 831. The Hall–Kier alpha value is -3.68. The third kappa shape index (κ3) is 6.08. The van der Waals surface area contributed by atoms with Crippen LogP contribution in [0.5, 0.6) is 5.75 Å². The Labute approximate surface area is 149 Å². The Morgan fingerprint density at radius 1 is 1.04 bits per heavy atom. The van der Waals surface area contributed by atoms with Gasteiger partial charge in [0.2, 0.25) is 5.91 Å². The van der Waals surface area contributed by atoms with E-state index in [2.05, 4.69) is 15.8 Å². The summed E-state index contributed by atoms with van der Waals surface area (Å²) in [6.07, 6.45) is 1.03. The van der Waals surface area contributed by atoms with Crippen molar-refractivity contribution in [1.29, 1.82) is 0 Å². The summed E-state index contributed by atoms with van der Waals surface area (Å²) in [5.74, 6) is -1.80. The van der Waals surface area contributed by atoms with Crippen LogP contribution in [0.25, 0.3) is 0 Å². The van der Waals surface area contributed by atoms with Crippen molar-refractivity contribution in [2.75, 3.05) is 5.32 Å². The molecule has 2 rings (SSSR count). The molecule has 0 saturated heterocycles. The van der Waals surface area contributed by atoms with Crippen molar-refractivity contribution < 1.29 is 24.6 Å². The van der Waals surface area contributed by atoms with Gasteiger partial charge in [-0.1, -0.05) is 12.1 Å². The van der Waals surface area contributed by atoms with Crippen molar-refractivity contribution in [1.82, 2.24) is 5.43 Å². The molecule has 0 aliphatic carbocycles. The summed E-state index contributed by atoms with van der Waals surface area (Å²) >= 11 is 0. The van der Waals surface area contributed by atoms with Gasteiger partial charge in [-0.15, -0.1) is 0 Å². The number of carbonyl (C=O) groups is 3. The first-order valence-corrected chi connectivity index (χ1v) is 7.68. The van der Waals surface area contributed by atoms with Gasteiger partial charge in [-0.25, -0.2) is 5.43 Å². The maximum absolute atomic E-state index is 12.0. The highest BCUT2D eigenvalue weighted by molar-refractivity contribution is 5.96. The lowest BCUT2D eigenvalue weighted by atomic mass is 10.2. The Balaban J connectivity index is 1.88. The topological polar surface area (TPSA) is 128 Å². The second-order valence-electron chi connectivity index (χ2n) is 5.31. The van der Waals surface area contributed by atoms with Gasteiger partial charge in [-0.05, 0) is 42.0 Å². The molecule has 8 nitrogen and oxygen atoms in total. The van der Waals surface area contributed by atoms with E-state index in [4.69, 9.17) is 5.11 Å². The minimum Gasteiger partial charge on any atom is -0.508 e. The van der Waals surface area contributed by atoms with E-state index in [9.17, 15) is 19.5 Å². The van der Waals surface area contributed by atoms with Crippen LogP contribution >= 0.6 is 0 Å². The summed E-state index contributed by atoms with van der Waals surface area (Å²) in [6.45, 7) is 0. The first-order chi connectivity index (χ1) is 12.4. The summed E-state index contributed by atoms with van der Waals surface area (Å²) in [5.41, 5.74) is 3.78. The zero-order chi connectivity index (χ0) is 18.9. The van der Waals surface area contributed by atoms with E-state index in [1.807, 2.05) is 0 Å². The SMILES string of the molecule is O=C(O)CCC(=O)Nc1ccc(C(=O)N/N=C/c2cccc(O)c2)cc1. The molecule has 4 N–H and O–H groups in total. The van der Waals surface area contributed by atoms with Crippen LogP contribution in [-0.4, -0.2) is 34.2 Å². The quantitative estimate of drug-likeness (QED) is 0.446. The summed E-state index contributed by atoms with van der Waals surface area (Å²) in [6, 6.07) is 12.5. The normalized spacial score (nSPS) is 10.5. The number of hydrogen-bond acceptors (Lipinski definition) is 5. The zero-order valence-corrected chi connectivity index (χ0v) is 13.7. The number of nitrogens with zero attached hydrogens (tertiary/aromatic N) is 1. The lowest BCUT2D eigenvalue weighted by Crippen LogP contribution is -2.18. The maximum Gasteiger partial charge on any atom is 0.303 e. The molecule has 0 atom stereocenters. The molecule has 0 unspecified atom stereocenters. The van der Waals surface area contributed by atoms with Gasteiger partial charge >= 0.3 is 5.97 Å². The summed E-state index contributed by atoms with van der Waals surface area (Å²) in [4.78, 5) is 34.0. The molecule has 0 aliphatic rings. The fourth-order valence-electron chi connectivity index (χ4n) is 1.98. The van der Waals surface area contributed by atoms with Crippen molar-refractivity contribution in [2.45, 2.75) is 12.8 Å². The molecular weight excluding hydrogens is 338 g/mol. The van der Waals surface area contributed by atoms with Gasteiger partial charge in [0.05, 0.1) is 12.6 Å². The number of carboxylic acid groups (broad SMARTS) is 1. The number of phenolic OH excluding ortho intramolecular Hbond substituents is 1. The number of carbonyl (C=O) groups excluding carboxylic acids is 2. The highest BCUT2D eigenvalue weighted by Crippen LogP contribution is 2.11. The van der Waals surface area contributed by atoms with Gasteiger partial charge in [0.25, 0.3) is 5.91 Å². The number of phenols is 1. The molecule has 0 spiro atoms. The van der Waals surface area contributed by atoms with E-state index in [1.54, 1.807) is 12.1 Å². The Morgan fingerprint density at radius 2 is 1.77 bits per heavy atom. The first-order valence-electron chi connectivity index (χ1n) is 7.68. The van der Waals surface area contributed by atoms with E-state index < -0.39 is 17.8 Å². The van der Waals surface area contributed by atoms with Gasteiger partial charge in [-0.2, -0.15) is 5.10 Å². The molecule has 2 amide bonds. The minimum atomic E-state index is -1.04. The third-order valence-corrected chi connectivity index (χ3v) is 3.25.